The molecule has 0 bridgehead atoms. The zero-order chi connectivity index (χ0) is 18.1. The summed E-state index contributed by atoms with van der Waals surface area (Å²) in [5, 5.41) is 26.5. The lowest BCUT2D eigenvalue weighted by molar-refractivity contribution is 0.0536. The topological polar surface area (TPSA) is 79.2 Å². The summed E-state index contributed by atoms with van der Waals surface area (Å²) in [5.74, 6) is 1.37. The van der Waals surface area contributed by atoms with Gasteiger partial charge >= 0.3 is 0 Å². The van der Waals surface area contributed by atoms with Gasteiger partial charge in [0.05, 0.1) is 18.6 Å². The van der Waals surface area contributed by atoms with Gasteiger partial charge in [0.25, 0.3) is 0 Å². The summed E-state index contributed by atoms with van der Waals surface area (Å²) in [4.78, 5) is 0. The molecule has 2 rings (SSSR count). The van der Waals surface area contributed by atoms with Gasteiger partial charge in [0.2, 0.25) is 0 Å². The Labute approximate surface area is 152 Å². The molecule has 5 nitrogen and oxygen atoms in total. The summed E-state index contributed by atoms with van der Waals surface area (Å²) in [6.07, 6.45) is -0.0962. The third-order valence-corrected chi connectivity index (χ3v) is 3.80. The fourth-order valence-corrected chi connectivity index (χ4v) is 2.19. The van der Waals surface area contributed by atoms with Gasteiger partial charge in [-0.2, -0.15) is 0 Å². The molecule has 0 aromatic heterocycles. The third kappa shape index (κ3) is 6.92. The molecule has 0 amide bonds. The summed E-state index contributed by atoms with van der Waals surface area (Å²) in [6, 6.07) is 15.3. The molecule has 136 valence electrons. The Morgan fingerprint density at radius 2 is 1.24 bits per heavy atom. The number of alkyl halides is 1. The molecule has 2 aromatic carbocycles. The highest BCUT2D eigenvalue weighted by atomic mass is 35.5. The molecule has 2 aromatic rings. The molecule has 0 heterocycles. The lowest BCUT2D eigenvalue weighted by Gasteiger charge is -2.11. The van der Waals surface area contributed by atoms with E-state index in [1.165, 1.54) is 0 Å². The van der Waals surface area contributed by atoms with Crippen LogP contribution in [0.4, 0.5) is 0 Å². The van der Waals surface area contributed by atoms with Crippen molar-refractivity contribution in [3.05, 3.63) is 59.7 Å². The molecule has 2 unspecified atom stereocenters. The van der Waals surface area contributed by atoms with E-state index in [1.54, 1.807) is 0 Å². The van der Waals surface area contributed by atoms with Gasteiger partial charge in [-0.15, -0.1) is 11.6 Å². The Morgan fingerprint density at radius 3 is 1.68 bits per heavy atom. The van der Waals surface area contributed by atoms with Crippen LogP contribution in [0.25, 0.3) is 0 Å². The van der Waals surface area contributed by atoms with E-state index in [9.17, 15) is 5.11 Å². The summed E-state index contributed by atoms with van der Waals surface area (Å²) in [6.45, 7) is -0.0950. The van der Waals surface area contributed by atoms with Crippen LogP contribution < -0.4 is 9.47 Å². The first-order valence-electron chi connectivity index (χ1n) is 8.08. The van der Waals surface area contributed by atoms with Crippen LogP contribution in [0.15, 0.2) is 48.5 Å². The van der Waals surface area contributed by atoms with Crippen molar-refractivity contribution in [1.82, 2.24) is 0 Å². The number of benzene rings is 2. The minimum Gasteiger partial charge on any atom is -0.492 e. The molecule has 0 aliphatic rings. The van der Waals surface area contributed by atoms with E-state index in [1.807, 2.05) is 48.5 Å². The SMILES string of the molecule is OCC(O)COc1ccc(Cc2ccc(OCC(Cl)CO)cc2)cc1. The number of hydrogen-bond donors (Lipinski definition) is 3. The summed E-state index contributed by atoms with van der Waals surface area (Å²) in [7, 11) is 0. The zero-order valence-corrected chi connectivity index (χ0v) is 14.6. The number of rotatable bonds is 10. The molecular formula is C19H23ClO5. The fraction of sp³-hybridized carbons (Fsp3) is 0.368. The standard InChI is InChI=1S/C19H23ClO5/c20-16(10-21)12-24-18-5-1-14(2-6-18)9-15-3-7-19(8-4-15)25-13-17(23)11-22/h1-8,16-17,21-23H,9-13H2. The second-order valence-electron chi connectivity index (χ2n) is 5.70. The van der Waals surface area contributed by atoms with Gasteiger partial charge in [-0.3, -0.25) is 0 Å². The summed E-state index contributed by atoms with van der Waals surface area (Å²) in [5.41, 5.74) is 2.27. The smallest absolute Gasteiger partial charge is 0.119 e. The minimum atomic E-state index is -0.869. The lowest BCUT2D eigenvalue weighted by Crippen LogP contribution is -2.21. The largest absolute Gasteiger partial charge is 0.492 e. The molecule has 0 aliphatic carbocycles. The quantitative estimate of drug-likeness (QED) is 0.560. The highest BCUT2D eigenvalue weighted by Gasteiger charge is 2.05. The third-order valence-electron chi connectivity index (χ3n) is 3.54. The van der Waals surface area contributed by atoms with Crippen molar-refractivity contribution in [3.63, 3.8) is 0 Å². The number of aliphatic hydroxyl groups is 3. The lowest BCUT2D eigenvalue weighted by atomic mass is 10.0. The van der Waals surface area contributed by atoms with Crippen LogP contribution in [0.1, 0.15) is 11.1 Å². The maximum atomic E-state index is 9.27. The zero-order valence-electron chi connectivity index (χ0n) is 13.8. The van der Waals surface area contributed by atoms with Gasteiger partial charge < -0.3 is 24.8 Å². The monoisotopic (exact) mass is 366 g/mol. The molecule has 6 heteroatoms. The van der Waals surface area contributed by atoms with Crippen LogP contribution in [0, 0.1) is 0 Å². The van der Waals surface area contributed by atoms with E-state index < -0.39 is 11.5 Å². The highest BCUT2D eigenvalue weighted by Crippen LogP contribution is 2.18. The van der Waals surface area contributed by atoms with Crippen molar-refractivity contribution in [3.8, 4) is 11.5 Å². The van der Waals surface area contributed by atoms with Gasteiger partial charge in [-0.25, -0.2) is 0 Å². The molecule has 25 heavy (non-hydrogen) atoms. The maximum absolute atomic E-state index is 9.27. The molecule has 0 radical (unpaired) electrons. The van der Waals surface area contributed by atoms with E-state index in [0.717, 1.165) is 17.5 Å². The van der Waals surface area contributed by atoms with Gasteiger partial charge in [-0.1, -0.05) is 24.3 Å². The maximum Gasteiger partial charge on any atom is 0.119 e. The highest BCUT2D eigenvalue weighted by molar-refractivity contribution is 6.20. The van der Waals surface area contributed by atoms with Crippen LogP contribution in [0.5, 0.6) is 11.5 Å². The van der Waals surface area contributed by atoms with E-state index >= 15 is 0 Å². The molecular weight excluding hydrogens is 344 g/mol. The van der Waals surface area contributed by atoms with Crippen molar-refractivity contribution in [2.24, 2.45) is 0 Å². The Hall–Kier alpha value is -1.79. The molecule has 0 spiro atoms. The Kier molecular flexibility index (Phi) is 8.01. The number of aliphatic hydroxyl groups excluding tert-OH is 3. The van der Waals surface area contributed by atoms with Crippen molar-refractivity contribution in [1.29, 1.82) is 0 Å². The van der Waals surface area contributed by atoms with Crippen LogP contribution in [0.2, 0.25) is 0 Å². The molecule has 0 saturated carbocycles. The number of halogens is 1. The van der Waals surface area contributed by atoms with Crippen molar-refractivity contribution in [2.75, 3.05) is 26.4 Å². The van der Waals surface area contributed by atoms with Crippen LogP contribution in [-0.2, 0) is 6.42 Å². The van der Waals surface area contributed by atoms with Gasteiger partial charge in [0, 0.05) is 0 Å². The Morgan fingerprint density at radius 1 is 0.760 bits per heavy atom. The van der Waals surface area contributed by atoms with E-state index in [-0.39, 0.29) is 26.4 Å². The van der Waals surface area contributed by atoms with Gasteiger partial charge in [0.1, 0.15) is 30.8 Å². The van der Waals surface area contributed by atoms with E-state index in [0.29, 0.717) is 11.5 Å². The first-order valence-corrected chi connectivity index (χ1v) is 8.51. The van der Waals surface area contributed by atoms with E-state index in [2.05, 4.69) is 0 Å². The molecule has 0 aliphatic heterocycles. The average Bonchev–Trinajstić information content (AvgIpc) is 2.66. The Bertz CT molecular complexity index is 559. The minimum absolute atomic E-state index is 0.0662. The van der Waals surface area contributed by atoms with Gasteiger partial charge in [-0.05, 0) is 41.8 Å². The normalized spacial score (nSPS) is 13.3. The van der Waals surface area contributed by atoms with Crippen molar-refractivity contribution < 1.29 is 24.8 Å². The molecule has 0 fully saturated rings. The predicted octanol–water partition coefficient (Wildman–Crippen LogP) is 1.99. The van der Waals surface area contributed by atoms with Crippen LogP contribution in [0.3, 0.4) is 0 Å². The summed E-state index contributed by atoms with van der Waals surface area (Å²) < 4.78 is 10.9. The second-order valence-corrected chi connectivity index (χ2v) is 6.32. The fourth-order valence-electron chi connectivity index (χ4n) is 2.13. The first-order chi connectivity index (χ1) is 12.1. The second kappa shape index (κ2) is 10.3. The van der Waals surface area contributed by atoms with E-state index in [4.69, 9.17) is 31.3 Å². The predicted molar refractivity (Wildman–Crippen MR) is 96.5 cm³/mol. The first kappa shape index (κ1) is 19.5. The summed E-state index contributed by atoms with van der Waals surface area (Å²) >= 11 is 5.80. The molecule has 3 N–H and O–H groups in total. The number of ether oxygens (including phenoxy) is 2. The van der Waals surface area contributed by atoms with Crippen molar-refractivity contribution in [2.45, 2.75) is 17.9 Å². The average molecular weight is 367 g/mol. The van der Waals surface area contributed by atoms with Crippen LogP contribution in [-0.4, -0.2) is 53.2 Å². The molecule has 0 saturated heterocycles. The molecule has 2 atom stereocenters. The Balaban J connectivity index is 1.85. The van der Waals surface area contributed by atoms with Crippen molar-refractivity contribution >= 4 is 11.6 Å². The van der Waals surface area contributed by atoms with Gasteiger partial charge in [0.15, 0.2) is 0 Å². The van der Waals surface area contributed by atoms with Crippen LogP contribution >= 0.6 is 11.6 Å². The number of hydrogen-bond acceptors (Lipinski definition) is 5.